The topological polar surface area (TPSA) is 31.9 Å². The van der Waals surface area contributed by atoms with Crippen LogP contribution in [0.2, 0.25) is 0 Å². The SMILES string of the molecule is CCSC[C@@H](C)N1CCc2nc(-c3ccccc3)[nH]c2C1. The molecular weight excluding hydrogens is 278 g/mol. The Balaban J connectivity index is 1.73. The molecule has 1 aliphatic heterocycles. The molecule has 112 valence electrons. The van der Waals surface area contributed by atoms with Gasteiger partial charge in [-0.2, -0.15) is 11.8 Å². The number of nitrogens with zero attached hydrogens (tertiary/aromatic N) is 2. The van der Waals surface area contributed by atoms with Crippen molar-refractivity contribution in [3.8, 4) is 11.4 Å². The van der Waals surface area contributed by atoms with Crippen LogP contribution in [0.1, 0.15) is 25.2 Å². The van der Waals surface area contributed by atoms with E-state index in [1.165, 1.54) is 28.5 Å². The first-order chi connectivity index (χ1) is 10.3. The van der Waals surface area contributed by atoms with Crippen molar-refractivity contribution < 1.29 is 0 Å². The van der Waals surface area contributed by atoms with Gasteiger partial charge in [-0.25, -0.2) is 4.98 Å². The van der Waals surface area contributed by atoms with Crippen molar-refractivity contribution in [3.63, 3.8) is 0 Å². The van der Waals surface area contributed by atoms with Gasteiger partial charge in [0.15, 0.2) is 0 Å². The predicted molar refractivity (Wildman–Crippen MR) is 90.6 cm³/mol. The summed E-state index contributed by atoms with van der Waals surface area (Å²) in [5, 5.41) is 0. The highest BCUT2D eigenvalue weighted by Gasteiger charge is 2.23. The van der Waals surface area contributed by atoms with E-state index in [9.17, 15) is 0 Å². The number of thioether (sulfide) groups is 1. The summed E-state index contributed by atoms with van der Waals surface area (Å²) in [5.74, 6) is 3.43. The number of hydrogen-bond donors (Lipinski definition) is 1. The first-order valence-corrected chi connectivity index (χ1v) is 8.88. The molecule has 3 rings (SSSR count). The van der Waals surface area contributed by atoms with E-state index in [2.05, 4.69) is 48.0 Å². The van der Waals surface area contributed by atoms with Gasteiger partial charge in [0, 0.05) is 36.9 Å². The van der Waals surface area contributed by atoms with Crippen molar-refractivity contribution in [2.75, 3.05) is 18.1 Å². The van der Waals surface area contributed by atoms with Crippen molar-refractivity contribution in [1.29, 1.82) is 0 Å². The highest BCUT2D eigenvalue weighted by molar-refractivity contribution is 7.99. The number of fused-ring (bicyclic) bond motifs is 1. The standard InChI is InChI=1S/C17H23N3S/c1-3-21-12-13(2)20-10-9-15-16(11-20)19-17(18-15)14-7-5-4-6-8-14/h4-8,13H,3,9-12H2,1-2H3,(H,18,19)/t13-/m1/s1. The first-order valence-electron chi connectivity index (χ1n) is 7.73. The molecule has 1 aromatic carbocycles. The molecule has 1 aromatic heterocycles. The first kappa shape index (κ1) is 14.7. The summed E-state index contributed by atoms with van der Waals surface area (Å²) in [6.07, 6.45) is 1.06. The van der Waals surface area contributed by atoms with E-state index in [1.54, 1.807) is 0 Å². The van der Waals surface area contributed by atoms with Crippen LogP contribution in [0.5, 0.6) is 0 Å². The third-order valence-corrected chi connectivity index (χ3v) is 5.22. The number of benzene rings is 1. The second-order valence-corrected chi connectivity index (χ2v) is 6.92. The summed E-state index contributed by atoms with van der Waals surface area (Å²) in [5.41, 5.74) is 3.72. The fourth-order valence-electron chi connectivity index (χ4n) is 2.82. The minimum Gasteiger partial charge on any atom is -0.341 e. The van der Waals surface area contributed by atoms with Gasteiger partial charge >= 0.3 is 0 Å². The normalized spacial score (nSPS) is 16.7. The van der Waals surface area contributed by atoms with Crippen LogP contribution < -0.4 is 0 Å². The highest BCUT2D eigenvalue weighted by atomic mass is 32.2. The van der Waals surface area contributed by atoms with E-state index in [0.717, 1.165) is 25.3 Å². The third-order valence-electron chi connectivity index (χ3n) is 4.10. The molecule has 0 saturated carbocycles. The molecule has 2 heterocycles. The van der Waals surface area contributed by atoms with Crippen molar-refractivity contribution in [2.24, 2.45) is 0 Å². The Morgan fingerprint density at radius 1 is 1.33 bits per heavy atom. The molecule has 0 amide bonds. The summed E-state index contributed by atoms with van der Waals surface area (Å²) in [4.78, 5) is 10.9. The fourth-order valence-corrected chi connectivity index (χ4v) is 3.61. The van der Waals surface area contributed by atoms with Crippen LogP contribution in [0.4, 0.5) is 0 Å². The van der Waals surface area contributed by atoms with E-state index in [4.69, 9.17) is 4.98 Å². The molecule has 1 N–H and O–H groups in total. The second-order valence-electron chi connectivity index (χ2n) is 5.61. The van der Waals surface area contributed by atoms with E-state index in [1.807, 2.05) is 17.8 Å². The summed E-state index contributed by atoms with van der Waals surface area (Å²) in [6.45, 7) is 6.69. The maximum absolute atomic E-state index is 4.79. The highest BCUT2D eigenvalue weighted by Crippen LogP contribution is 2.24. The minimum absolute atomic E-state index is 0.631. The van der Waals surface area contributed by atoms with Crippen molar-refractivity contribution in [2.45, 2.75) is 32.9 Å². The Hall–Kier alpha value is -1.26. The van der Waals surface area contributed by atoms with Crippen LogP contribution in [0.3, 0.4) is 0 Å². The summed E-state index contributed by atoms with van der Waals surface area (Å²) in [6, 6.07) is 11.0. The van der Waals surface area contributed by atoms with E-state index >= 15 is 0 Å². The maximum atomic E-state index is 4.79. The lowest BCUT2D eigenvalue weighted by Crippen LogP contribution is -2.39. The lowest BCUT2D eigenvalue weighted by Gasteiger charge is -2.31. The Labute approximate surface area is 131 Å². The molecule has 21 heavy (non-hydrogen) atoms. The number of hydrogen-bond acceptors (Lipinski definition) is 3. The van der Waals surface area contributed by atoms with Gasteiger partial charge in [0.05, 0.1) is 11.4 Å². The molecule has 0 saturated heterocycles. The minimum atomic E-state index is 0.631. The summed E-state index contributed by atoms with van der Waals surface area (Å²) in [7, 11) is 0. The van der Waals surface area contributed by atoms with Crippen LogP contribution in [0.15, 0.2) is 30.3 Å². The fraction of sp³-hybridized carbons (Fsp3) is 0.471. The molecule has 1 aliphatic rings. The second kappa shape index (κ2) is 6.67. The van der Waals surface area contributed by atoms with Crippen molar-refractivity contribution >= 4 is 11.8 Å². The lowest BCUT2D eigenvalue weighted by molar-refractivity contribution is 0.203. The Morgan fingerprint density at radius 2 is 2.14 bits per heavy atom. The van der Waals surface area contributed by atoms with Gasteiger partial charge in [-0.1, -0.05) is 37.3 Å². The average Bonchev–Trinajstić information content (AvgIpc) is 2.96. The number of rotatable bonds is 5. The molecule has 0 bridgehead atoms. The molecule has 0 radical (unpaired) electrons. The zero-order chi connectivity index (χ0) is 14.7. The molecule has 2 aromatic rings. The molecule has 0 aliphatic carbocycles. The van der Waals surface area contributed by atoms with Gasteiger partial charge in [-0.05, 0) is 12.7 Å². The van der Waals surface area contributed by atoms with E-state index in [-0.39, 0.29) is 0 Å². The largest absolute Gasteiger partial charge is 0.341 e. The molecule has 4 heteroatoms. The van der Waals surface area contributed by atoms with Crippen molar-refractivity contribution in [3.05, 3.63) is 41.7 Å². The van der Waals surface area contributed by atoms with Gasteiger partial charge in [0.1, 0.15) is 5.82 Å². The smallest absolute Gasteiger partial charge is 0.137 e. The quantitative estimate of drug-likeness (QED) is 0.916. The molecule has 0 fully saturated rings. The van der Waals surface area contributed by atoms with Crippen LogP contribution in [-0.2, 0) is 13.0 Å². The number of aromatic nitrogens is 2. The Morgan fingerprint density at radius 3 is 2.90 bits per heavy atom. The van der Waals surface area contributed by atoms with Gasteiger partial charge in [0.2, 0.25) is 0 Å². The van der Waals surface area contributed by atoms with Crippen LogP contribution in [0.25, 0.3) is 11.4 Å². The van der Waals surface area contributed by atoms with E-state index in [0.29, 0.717) is 6.04 Å². The Kier molecular flexibility index (Phi) is 4.66. The molecule has 3 nitrogen and oxygen atoms in total. The molecule has 1 atom stereocenters. The van der Waals surface area contributed by atoms with E-state index < -0.39 is 0 Å². The summed E-state index contributed by atoms with van der Waals surface area (Å²) < 4.78 is 0. The van der Waals surface area contributed by atoms with Crippen LogP contribution >= 0.6 is 11.8 Å². The number of nitrogens with one attached hydrogen (secondary N) is 1. The molecule has 0 unspecified atom stereocenters. The number of H-pyrrole nitrogens is 1. The molecular formula is C17H23N3S. The number of aromatic amines is 1. The van der Waals surface area contributed by atoms with Gasteiger partial charge < -0.3 is 4.98 Å². The van der Waals surface area contributed by atoms with Gasteiger partial charge in [0.25, 0.3) is 0 Å². The maximum Gasteiger partial charge on any atom is 0.137 e. The van der Waals surface area contributed by atoms with Crippen molar-refractivity contribution in [1.82, 2.24) is 14.9 Å². The lowest BCUT2D eigenvalue weighted by atomic mass is 10.1. The third kappa shape index (κ3) is 3.33. The molecule has 0 spiro atoms. The zero-order valence-electron chi connectivity index (χ0n) is 12.8. The predicted octanol–water partition coefficient (Wildman–Crippen LogP) is 3.58. The van der Waals surface area contributed by atoms with Crippen LogP contribution in [-0.4, -0.2) is 39.0 Å². The average molecular weight is 301 g/mol. The number of imidazole rings is 1. The van der Waals surface area contributed by atoms with Gasteiger partial charge in [-0.15, -0.1) is 0 Å². The zero-order valence-corrected chi connectivity index (χ0v) is 13.6. The van der Waals surface area contributed by atoms with Gasteiger partial charge in [-0.3, -0.25) is 4.90 Å². The summed E-state index contributed by atoms with van der Waals surface area (Å²) >= 11 is 2.03. The Bertz CT molecular complexity index is 579. The van der Waals surface area contributed by atoms with Crippen LogP contribution in [0, 0.1) is 0 Å². The monoisotopic (exact) mass is 301 g/mol.